The molecule has 2 N–H and O–H groups in total. The Morgan fingerprint density at radius 3 is 2.10 bits per heavy atom. The standard InChI is InChI=1S/C14H22N2.B4/c1-16(14-5-3-2-4-6-14)11-12-7-9-13(15)10-8-12;1-4(2)3/h7-10,14H,2-6,11,15H2,1H3;. The number of rotatable bonds is 3. The summed E-state index contributed by atoms with van der Waals surface area (Å²) >= 11 is 0. The molecule has 1 aliphatic carbocycles. The molecule has 6 radical (unpaired) electrons. The summed E-state index contributed by atoms with van der Waals surface area (Å²) < 4.78 is 0. The molecule has 0 amide bonds. The third-order valence-corrected chi connectivity index (χ3v) is 3.61. The average Bonchev–Trinajstić information content (AvgIpc) is 2.42. The molecule has 0 saturated heterocycles. The van der Waals surface area contributed by atoms with E-state index in [4.69, 9.17) is 5.73 Å². The van der Waals surface area contributed by atoms with Gasteiger partial charge in [0.25, 0.3) is 0 Å². The highest BCUT2D eigenvalue weighted by Gasteiger charge is 2.17. The van der Waals surface area contributed by atoms with E-state index in [2.05, 4.69) is 47.3 Å². The Labute approximate surface area is 128 Å². The first kappa shape index (κ1) is 17.3. The summed E-state index contributed by atoms with van der Waals surface area (Å²) in [6.07, 6.45) is 6.29. The van der Waals surface area contributed by atoms with Crippen molar-refractivity contribution in [3.63, 3.8) is 0 Å². The minimum Gasteiger partial charge on any atom is -0.399 e. The van der Waals surface area contributed by atoms with Crippen LogP contribution in [0.15, 0.2) is 24.3 Å². The SMILES string of the molecule is CN(Cc1ccc(N)cc1)C1CCCCC1.[B]B([B])[B]. The number of nitrogens with two attached hydrogens (primary N) is 1. The molecule has 2 rings (SSSR count). The zero-order valence-corrected chi connectivity index (χ0v) is 12.5. The van der Waals surface area contributed by atoms with E-state index in [1.54, 1.807) is 0 Å². The second kappa shape index (κ2) is 9.23. The second-order valence-corrected chi connectivity index (χ2v) is 5.53. The smallest absolute Gasteiger partial charge is 0.0314 e. The van der Waals surface area contributed by atoms with Crippen molar-refractivity contribution < 1.29 is 0 Å². The van der Waals surface area contributed by atoms with Crippen LogP contribution in [0.1, 0.15) is 37.7 Å². The van der Waals surface area contributed by atoms with Crippen LogP contribution in [0.5, 0.6) is 0 Å². The molecule has 2 nitrogen and oxygen atoms in total. The van der Waals surface area contributed by atoms with Crippen LogP contribution in [0.3, 0.4) is 0 Å². The lowest BCUT2D eigenvalue weighted by Crippen LogP contribution is -2.32. The minimum atomic E-state index is -0.667. The van der Waals surface area contributed by atoms with Gasteiger partial charge in [-0.2, -0.15) is 0 Å². The molecule has 1 aliphatic rings. The number of nitrogens with zero attached hydrogens (tertiary/aromatic N) is 1. The largest absolute Gasteiger partial charge is 0.399 e. The highest BCUT2D eigenvalue weighted by Crippen LogP contribution is 2.22. The lowest BCUT2D eigenvalue weighted by molar-refractivity contribution is 0.184. The van der Waals surface area contributed by atoms with E-state index in [1.807, 2.05) is 12.1 Å². The summed E-state index contributed by atoms with van der Waals surface area (Å²) in [7, 11) is 16.2. The molecule has 1 saturated carbocycles. The summed E-state index contributed by atoms with van der Waals surface area (Å²) in [6.45, 7) is 1.05. The first-order valence-electron chi connectivity index (χ1n) is 7.30. The van der Waals surface area contributed by atoms with E-state index in [0.29, 0.717) is 0 Å². The van der Waals surface area contributed by atoms with Gasteiger partial charge >= 0.3 is 0 Å². The van der Waals surface area contributed by atoms with Gasteiger partial charge in [0.2, 0.25) is 0 Å². The van der Waals surface area contributed by atoms with Gasteiger partial charge in [0.15, 0.2) is 0 Å². The lowest BCUT2D eigenvalue weighted by Gasteiger charge is -2.31. The number of anilines is 1. The molecule has 0 unspecified atom stereocenters. The predicted octanol–water partition coefficient (Wildman–Crippen LogP) is 1.51. The van der Waals surface area contributed by atoms with Crippen molar-refractivity contribution in [2.45, 2.75) is 44.7 Å². The topological polar surface area (TPSA) is 29.3 Å². The monoisotopic (exact) mass is 262 g/mol. The van der Waals surface area contributed by atoms with Crippen molar-refractivity contribution in [3.05, 3.63) is 29.8 Å². The quantitative estimate of drug-likeness (QED) is 0.660. The van der Waals surface area contributed by atoms with Crippen LogP contribution in [-0.4, -0.2) is 47.6 Å². The molecule has 0 atom stereocenters. The van der Waals surface area contributed by atoms with Crippen LogP contribution in [0, 0.1) is 0 Å². The number of hydrogen-bond donors (Lipinski definition) is 1. The van der Waals surface area contributed by atoms with E-state index in [0.717, 1.165) is 18.3 Å². The molecule has 0 bridgehead atoms. The minimum absolute atomic E-state index is 0.667. The van der Waals surface area contributed by atoms with Gasteiger partial charge in [-0.25, -0.2) is 0 Å². The Hall–Kier alpha value is -0.760. The third kappa shape index (κ3) is 7.14. The van der Waals surface area contributed by atoms with E-state index < -0.39 is 6.39 Å². The molecule has 100 valence electrons. The Morgan fingerprint density at radius 2 is 1.60 bits per heavy atom. The van der Waals surface area contributed by atoms with Gasteiger partial charge in [-0.05, 0) is 37.6 Å². The average molecular weight is 262 g/mol. The van der Waals surface area contributed by atoms with Crippen molar-refractivity contribution in [2.75, 3.05) is 12.8 Å². The normalized spacial score (nSPS) is 15.5. The zero-order valence-electron chi connectivity index (χ0n) is 12.5. The van der Waals surface area contributed by atoms with Crippen LogP contribution in [-0.2, 0) is 6.54 Å². The molecule has 1 aromatic carbocycles. The summed E-state index contributed by atoms with van der Waals surface area (Å²) in [4.78, 5) is 2.49. The number of hydrogen-bond acceptors (Lipinski definition) is 2. The molecule has 0 aromatic heterocycles. The van der Waals surface area contributed by atoms with Crippen molar-refractivity contribution in [3.8, 4) is 0 Å². The molecule has 1 fully saturated rings. The molecular weight excluding hydrogens is 239 g/mol. The fourth-order valence-electron chi connectivity index (χ4n) is 2.56. The van der Waals surface area contributed by atoms with E-state index >= 15 is 0 Å². The maximum Gasteiger partial charge on any atom is 0.0314 e. The van der Waals surface area contributed by atoms with Gasteiger partial charge in [-0.15, -0.1) is 0 Å². The van der Waals surface area contributed by atoms with E-state index in [-0.39, 0.29) is 0 Å². The Morgan fingerprint density at radius 1 is 1.10 bits per heavy atom. The number of benzene rings is 1. The van der Waals surface area contributed by atoms with Crippen LogP contribution < -0.4 is 5.73 Å². The van der Waals surface area contributed by atoms with Crippen LogP contribution in [0.4, 0.5) is 5.69 Å². The first-order valence-corrected chi connectivity index (χ1v) is 7.30. The van der Waals surface area contributed by atoms with Crippen molar-refractivity contribution >= 4 is 35.3 Å². The van der Waals surface area contributed by atoms with Crippen molar-refractivity contribution in [1.82, 2.24) is 4.90 Å². The Kier molecular flexibility index (Phi) is 7.98. The van der Waals surface area contributed by atoms with Crippen LogP contribution in [0.2, 0.25) is 0 Å². The molecular formula is C14H22B4N2. The third-order valence-electron chi connectivity index (χ3n) is 3.61. The molecule has 0 aliphatic heterocycles. The van der Waals surface area contributed by atoms with Gasteiger partial charge in [-0.1, -0.05) is 31.4 Å². The van der Waals surface area contributed by atoms with Crippen molar-refractivity contribution in [1.29, 1.82) is 0 Å². The Bertz CT molecular complexity index is 361. The summed E-state index contributed by atoms with van der Waals surface area (Å²) in [5.74, 6) is 0. The predicted molar refractivity (Wildman–Crippen MR) is 92.2 cm³/mol. The van der Waals surface area contributed by atoms with E-state index in [9.17, 15) is 0 Å². The first-order chi connectivity index (χ1) is 9.49. The van der Waals surface area contributed by atoms with Crippen molar-refractivity contribution in [2.24, 2.45) is 0 Å². The summed E-state index contributed by atoms with van der Waals surface area (Å²) in [5, 5.41) is 0. The molecule has 0 spiro atoms. The summed E-state index contributed by atoms with van der Waals surface area (Å²) in [5.41, 5.74) is 7.90. The number of nitrogen functional groups attached to an aromatic ring is 1. The fraction of sp³-hybridized carbons (Fsp3) is 0.571. The maximum atomic E-state index is 5.69. The highest BCUT2D eigenvalue weighted by atomic mass is 15.1. The molecule has 6 heteroatoms. The van der Waals surface area contributed by atoms with Gasteiger partial charge < -0.3 is 5.73 Å². The fourth-order valence-corrected chi connectivity index (χ4v) is 2.56. The highest BCUT2D eigenvalue weighted by molar-refractivity contribution is 7.49. The maximum absolute atomic E-state index is 5.69. The van der Waals surface area contributed by atoms with Crippen LogP contribution >= 0.6 is 0 Å². The lowest BCUT2D eigenvalue weighted by atomic mass is 9.08. The molecule has 1 aromatic rings. The van der Waals surface area contributed by atoms with Gasteiger partial charge in [0.05, 0.1) is 0 Å². The molecule has 0 heterocycles. The van der Waals surface area contributed by atoms with Gasteiger partial charge in [0.1, 0.15) is 0 Å². The second-order valence-electron chi connectivity index (χ2n) is 5.53. The van der Waals surface area contributed by atoms with Gasteiger partial charge in [-0.3, -0.25) is 4.90 Å². The zero-order chi connectivity index (χ0) is 15.0. The molecule has 20 heavy (non-hydrogen) atoms. The Balaban J connectivity index is 0.000000444. The van der Waals surface area contributed by atoms with Gasteiger partial charge in [0, 0.05) is 47.9 Å². The summed E-state index contributed by atoms with van der Waals surface area (Å²) in [6, 6.07) is 9.03. The van der Waals surface area contributed by atoms with E-state index in [1.165, 1.54) is 37.7 Å². The van der Waals surface area contributed by atoms with Crippen LogP contribution in [0.25, 0.3) is 0 Å².